The molecule has 0 aliphatic heterocycles. The lowest BCUT2D eigenvalue weighted by molar-refractivity contribution is 0.0922. The number of carbonyl (C=O) groups is 1. The lowest BCUT2D eigenvalue weighted by Gasteiger charge is -2.15. The molecule has 18 heavy (non-hydrogen) atoms. The van der Waals surface area contributed by atoms with Crippen LogP contribution in [-0.2, 0) is 5.41 Å². The van der Waals surface area contributed by atoms with Gasteiger partial charge in [0.15, 0.2) is 5.76 Å². The maximum absolute atomic E-state index is 11.8. The molecule has 1 aliphatic rings. The highest BCUT2D eigenvalue weighted by atomic mass is 16.3. The highest BCUT2D eigenvalue weighted by Crippen LogP contribution is 2.47. The molecule has 0 unspecified atom stereocenters. The average molecular weight is 241 g/mol. The van der Waals surface area contributed by atoms with E-state index in [0.717, 1.165) is 12.8 Å². The smallest absolute Gasteiger partial charge is 0.287 e. The van der Waals surface area contributed by atoms with E-state index < -0.39 is 0 Å². The lowest BCUT2D eigenvalue weighted by Crippen LogP contribution is -2.31. The Morgan fingerprint density at radius 2 is 1.94 bits per heavy atom. The lowest BCUT2D eigenvalue weighted by atomic mass is 9.96. The Bertz CT molecular complexity index is 527. The van der Waals surface area contributed by atoms with E-state index in [-0.39, 0.29) is 11.3 Å². The summed E-state index contributed by atoms with van der Waals surface area (Å²) in [6.07, 6.45) is 3.78. The number of amides is 1. The van der Waals surface area contributed by atoms with Crippen molar-refractivity contribution in [3.05, 3.63) is 60.1 Å². The van der Waals surface area contributed by atoms with E-state index in [4.69, 9.17) is 4.42 Å². The van der Waals surface area contributed by atoms with Crippen molar-refractivity contribution in [3.8, 4) is 0 Å². The third-order valence-electron chi connectivity index (χ3n) is 3.57. The van der Waals surface area contributed by atoms with Gasteiger partial charge in [0, 0.05) is 12.0 Å². The van der Waals surface area contributed by atoms with Gasteiger partial charge < -0.3 is 9.73 Å². The van der Waals surface area contributed by atoms with Gasteiger partial charge in [-0.25, -0.2) is 0 Å². The minimum atomic E-state index is -0.137. The van der Waals surface area contributed by atoms with Crippen LogP contribution < -0.4 is 5.32 Å². The third-order valence-corrected chi connectivity index (χ3v) is 3.57. The molecule has 1 aliphatic carbocycles. The van der Waals surface area contributed by atoms with Gasteiger partial charge >= 0.3 is 0 Å². The number of furan rings is 1. The Balaban J connectivity index is 1.66. The average Bonchev–Trinajstić information content (AvgIpc) is 3.01. The summed E-state index contributed by atoms with van der Waals surface area (Å²) >= 11 is 0. The summed E-state index contributed by atoms with van der Waals surface area (Å²) in [5, 5.41) is 2.95. The molecule has 3 rings (SSSR count). The molecular weight excluding hydrogens is 226 g/mol. The Hall–Kier alpha value is -2.03. The van der Waals surface area contributed by atoms with Gasteiger partial charge in [0.05, 0.1) is 6.26 Å². The number of carbonyl (C=O) groups excluding carboxylic acids is 1. The molecule has 1 aromatic carbocycles. The summed E-state index contributed by atoms with van der Waals surface area (Å²) in [4.78, 5) is 11.8. The van der Waals surface area contributed by atoms with Crippen LogP contribution in [0.5, 0.6) is 0 Å². The number of hydrogen-bond acceptors (Lipinski definition) is 2. The first-order valence-corrected chi connectivity index (χ1v) is 6.17. The molecule has 1 heterocycles. The molecule has 1 saturated carbocycles. The summed E-state index contributed by atoms with van der Waals surface area (Å²) in [5.74, 6) is 0.237. The van der Waals surface area contributed by atoms with Crippen molar-refractivity contribution in [2.24, 2.45) is 0 Å². The largest absolute Gasteiger partial charge is 0.459 e. The second kappa shape index (κ2) is 4.33. The summed E-state index contributed by atoms with van der Waals surface area (Å²) in [6.45, 7) is 0.677. The first-order chi connectivity index (χ1) is 8.80. The maximum atomic E-state index is 11.8. The Morgan fingerprint density at radius 3 is 2.56 bits per heavy atom. The molecular formula is C15H15NO2. The highest BCUT2D eigenvalue weighted by Gasteiger charge is 2.44. The van der Waals surface area contributed by atoms with Gasteiger partial charge in [-0.2, -0.15) is 0 Å². The Kier molecular flexibility index (Phi) is 2.67. The van der Waals surface area contributed by atoms with E-state index in [2.05, 4.69) is 17.4 Å². The van der Waals surface area contributed by atoms with Gasteiger partial charge in [0.25, 0.3) is 5.91 Å². The summed E-state index contributed by atoms with van der Waals surface area (Å²) < 4.78 is 5.07. The van der Waals surface area contributed by atoms with Crippen LogP contribution in [0.4, 0.5) is 0 Å². The van der Waals surface area contributed by atoms with E-state index in [1.54, 1.807) is 12.1 Å². The Morgan fingerprint density at radius 1 is 1.17 bits per heavy atom. The number of rotatable bonds is 4. The first-order valence-electron chi connectivity index (χ1n) is 6.17. The summed E-state index contributed by atoms with van der Waals surface area (Å²) in [6, 6.07) is 13.8. The van der Waals surface area contributed by atoms with Crippen molar-refractivity contribution in [2.75, 3.05) is 6.54 Å². The van der Waals surface area contributed by atoms with Gasteiger partial charge in [-0.1, -0.05) is 30.3 Å². The summed E-state index contributed by atoms with van der Waals surface area (Å²) in [5.41, 5.74) is 1.45. The fourth-order valence-corrected chi connectivity index (χ4v) is 2.25. The van der Waals surface area contributed by atoms with Gasteiger partial charge in [-0.3, -0.25) is 4.79 Å². The Labute approximate surface area is 106 Å². The predicted molar refractivity (Wildman–Crippen MR) is 68.4 cm³/mol. The highest BCUT2D eigenvalue weighted by molar-refractivity contribution is 5.91. The molecule has 0 atom stereocenters. The molecule has 3 nitrogen and oxygen atoms in total. The molecule has 1 aromatic heterocycles. The zero-order valence-corrected chi connectivity index (χ0v) is 10.1. The zero-order chi connectivity index (χ0) is 12.4. The van der Waals surface area contributed by atoms with Crippen molar-refractivity contribution in [1.29, 1.82) is 0 Å². The van der Waals surface area contributed by atoms with Crippen LogP contribution in [0.25, 0.3) is 0 Å². The number of nitrogens with one attached hydrogen (secondary N) is 1. The molecule has 2 aromatic rings. The van der Waals surface area contributed by atoms with E-state index in [0.29, 0.717) is 12.3 Å². The van der Waals surface area contributed by atoms with Crippen molar-refractivity contribution in [3.63, 3.8) is 0 Å². The third kappa shape index (κ3) is 2.04. The van der Waals surface area contributed by atoms with Crippen LogP contribution in [-0.4, -0.2) is 12.5 Å². The van der Waals surface area contributed by atoms with E-state index in [1.807, 2.05) is 18.2 Å². The normalized spacial score (nSPS) is 16.2. The topological polar surface area (TPSA) is 42.2 Å². The molecule has 0 bridgehead atoms. The van der Waals surface area contributed by atoms with Crippen LogP contribution in [0.3, 0.4) is 0 Å². The quantitative estimate of drug-likeness (QED) is 0.894. The van der Waals surface area contributed by atoms with Crippen molar-refractivity contribution in [2.45, 2.75) is 18.3 Å². The van der Waals surface area contributed by atoms with Crippen molar-refractivity contribution >= 4 is 5.91 Å². The van der Waals surface area contributed by atoms with Crippen molar-refractivity contribution in [1.82, 2.24) is 5.32 Å². The first kappa shape index (κ1) is 11.1. The molecule has 1 fully saturated rings. The molecule has 3 heteroatoms. The van der Waals surface area contributed by atoms with Crippen LogP contribution in [0.1, 0.15) is 29.0 Å². The SMILES string of the molecule is O=C(NCC1(c2ccccc2)CC1)c1ccco1. The fourth-order valence-electron chi connectivity index (χ4n) is 2.25. The zero-order valence-electron chi connectivity index (χ0n) is 10.1. The molecule has 0 radical (unpaired) electrons. The second-order valence-electron chi connectivity index (χ2n) is 4.81. The van der Waals surface area contributed by atoms with Crippen LogP contribution in [0.15, 0.2) is 53.1 Å². The van der Waals surface area contributed by atoms with E-state index in [9.17, 15) is 4.79 Å². The molecule has 92 valence electrons. The van der Waals surface area contributed by atoms with Crippen LogP contribution in [0.2, 0.25) is 0 Å². The standard InChI is InChI=1S/C15H15NO2/c17-14(13-7-4-10-18-13)16-11-15(8-9-15)12-5-2-1-3-6-12/h1-7,10H,8-9,11H2,(H,16,17). The fraction of sp³-hybridized carbons (Fsp3) is 0.267. The van der Waals surface area contributed by atoms with Crippen LogP contribution in [0, 0.1) is 0 Å². The minimum Gasteiger partial charge on any atom is -0.459 e. The van der Waals surface area contributed by atoms with Crippen molar-refractivity contribution < 1.29 is 9.21 Å². The summed E-state index contributed by atoms with van der Waals surface area (Å²) in [7, 11) is 0. The maximum Gasteiger partial charge on any atom is 0.287 e. The minimum absolute atomic E-state index is 0.137. The van der Waals surface area contributed by atoms with Gasteiger partial charge in [0.2, 0.25) is 0 Å². The molecule has 1 N–H and O–H groups in total. The molecule has 1 amide bonds. The van der Waals surface area contributed by atoms with Crippen LogP contribution >= 0.6 is 0 Å². The van der Waals surface area contributed by atoms with Gasteiger partial charge in [-0.05, 0) is 30.5 Å². The number of hydrogen-bond donors (Lipinski definition) is 1. The second-order valence-corrected chi connectivity index (χ2v) is 4.81. The van der Waals surface area contributed by atoms with Gasteiger partial charge in [0.1, 0.15) is 0 Å². The molecule has 0 saturated heterocycles. The van der Waals surface area contributed by atoms with E-state index >= 15 is 0 Å². The monoisotopic (exact) mass is 241 g/mol. The predicted octanol–water partition coefficient (Wildman–Crippen LogP) is 2.74. The van der Waals surface area contributed by atoms with E-state index in [1.165, 1.54) is 11.8 Å². The number of benzene rings is 1. The van der Waals surface area contributed by atoms with Gasteiger partial charge in [-0.15, -0.1) is 0 Å². The molecule has 0 spiro atoms.